The molecule has 1 aliphatic rings. The van der Waals surface area contributed by atoms with Crippen LogP contribution in [0.25, 0.3) is 22.0 Å². The number of hydrogen-bond acceptors (Lipinski definition) is 4. The van der Waals surface area contributed by atoms with E-state index in [0.29, 0.717) is 24.6 Å². The molecule has 0 bridgehead atoms. The van der Waals surface area contributed by atoms with E-state index in [-0.39, 0.29) is 11.6 Å². The van der Waals surface area contributed by atoms with Gasteiger partial charge in [0.15, 0.2) is 0 Å². The molecule has 0 spiro atoms. The van der Waals surface area contributed by atoms with E-state index >= 15 is 4.39 Å². The Labute approximate surface area is 197 Å². The molecule has 1 amide bonds. The number of rotatable bonds is 5. The number of amides is 1. The van der Waals surface area contributed by atoms with Crippen LogP contribution in [-0.4, -0.2) is 37.9 Å². The zero-order valence-corrected chi connectivity index (χ0v) is 19.0. The second kappa shape index (κ2) is 9.35. The molecule has 1 aliphatic carbocycles. The summed E-state index contributed by atoms with van der Waals surface area (Å²) in [6.45, 7) is 0. The van der Waals surface area contributed by atoms with Crippen molar-refractivity contribution in [1.29, 1.82) is 0 Å². The third kappa shape index (κ3) is 4.43. The first-order valence-corrected chi connectivity index (χ1v) is 11.6. The van der Waals surface area contributed by atoms with Crippen LogP contribution in [0.15, 0.2) is 61.1 Å². The molecule has 2 N–H and O–H groups in total. The molecule has 2 heterocycles. The van der Waals surface area contributed by atoms with Crippen LogP contribution >= 0.6 is 0 Å². The van der Waals surface area contributed by atoms with Gasteiger partial charge in [-0.25, -0.2) is 4.39 Å². The van der Waals surface area contributed by atoms with Crippen LogP contribution < -0.4 is 5.32 Å². The van der Waals surface area contributed by atoms with Crippen LogP contribution in [0.1, 0.15) is 47.2 Å². The second-order valence-electron chi connectivity index (χ2n) is 9.01. The highest BCUT2D eigenvalue weighted by molar-refractivity contribution is 6.00. The molecule has 0 saturated heterocycles. The molecule has 6 nitrogen and oxygen atoms in total. The Morgan fingerprint density at radius 2 is 1.94 bits per heavy atom. The zero-order chi connectivity index (χ0) is 23.7. The fourth-order valence-electron chi connectivity index (χ4n) is 4.73. The topological polar surface area (TPSA) is 80.0 Å². The Morgan fingerprint density at radius 1 is 1.15 bits per heavy atom. The summed E-state index contributed by atoms with van der Waals surface area (Å²) in [5, 5.41) is 18.5. The van der Waals surface area contributed by atoms with Crippen LogP contribution in [0.3, 0.4) is 0 Å². The standard InChI is InChI=1S/C27H27FN4O2/c1-32-16-19(15-30-32)23-11-10-17(14-29-23)12-18-13-22(26(28)21-7-3-2-6-20(18)21)27(34)31-24-8-4-5-9-25(24)33/h2-3,6-7,10-11,13-16,24-25,33H,4-5,8-9,12H2,1H3,(H,31,34)/t24-,25-/m0/s1. The smallest absolute Gasteiger partial charge is 0.254 e. The summed E-state index contributed by atoms with van der Waals surface area (Å²) in [6.07, 6.45) is 8.62. The van der Waals surface area contributed by atoms with Crippen molar-refractivity contribution in [2.45, 2.75) is 44.2 Å². The van der Waals surface area contributed by atoms with E-state index in [9.17, 15) is 9.90 Å². The predicted octanol–water partition coefficient (Wildman–Crippen LogP) is 4.40. The highest BCUT2D eigenvalue weighted by Gasteiger charge is 2.26. The molecule has 2 atom stereocenters. The number of hydrogen-bond donors (Lipinski definition) is 2. The summed E-state index contributed by atoms with van der Waals surface area (Å²) in [6, 6.07) is 12.4. The number of nitrogens with one attached hydrogen (secondary N) is 1. The molecular weight excluding hydrogens is 431 g/mol. The number of fused-ring (bicyclic) bond motifs is 1. The first kappa shape index (κ1) is 22.2. The Balaban J connectivity index is 1.46. The van der Waals surface area contributed by atoms with Gasteiger partial charge in [-0.2, -0.15) is 5.10 Å². The van der Waals surface area contributed by atoms with Gasteiger partial charge < -0.3 is 10.4 Å². The maximum Gasteiger partial charge on any atom is 0.254 e. The maximum absolute atomic E-state index is 15.4. The van der Waals surface area contributed by atoms with Gasteiger partial charge in [-0.05, 0) is 47.9 Å². The SMILES string of the molecule is Cn1cc(-c2ccc(Cc3cc(C(=O)N[C@H]4CCCC[C@@H]4O)c(F)c4ccccc34)cn2)cn1. The first-order valence-electron chi connectivity index (χ1n) is 11.6. The van der Waals surface area contributed by atoms with Gasteiger partial charge in [-0.3, -0.25) is 14.5 Å². The Morgan fingerprint density at radius 3 is 2.65 bits per heavy atom. The molecule has 0 unspecified atom stereocenters. The lowest BCUT2D eigenvalue weighted by Gasteiger charge is -2.28. The summed E-state index contributed by atoms with van der Waals surface area (Å²) in [5.74, 6) is -1.02. The van der Waals surface area contributed by atoms with Crippen LogP contribution in [0, 0.1) is 5.82 Å². The highest BCUT2D eigenvalue weighted by atomic mass is 19.1. The van der Waals surface area contributed by atoms with Gasteiger partial charge in [-0.1, -0.05) is 43.2 Å². The van der Waals surface area contributed by atoms with E-state index in [1.807, 2.05) is 37.5 Å². The quantitative estimate of drug-likeness (QED) is 0.465. The summed E-state index contributed by atoms with van der Waals surface area (Å²) in [7, 11) is 1.86. The first-order chi connectivity index (χ1) is 16.5. The molecule has 0 radical (unpaired) electrons. The summed E-state index contributed by atoms with van der Waals surface area (Å²) in [4.78, 5) is 17.6. The lowest BCUT2D eigenvalue weighted by atomic mass is 9.91. The third-order valence-corrected chi connectivity index (χ3v) is 6.58. The molecule has 4 aromatic rings. The van der Waals surface area contributed by atoms with Gasteiger partial charge in [0.1, 0.15) is 5.82 Å². The average molecular weight is 459 g/mol. The minimum Gasteiger partial charge on any atom is -0.391 e. The number of halogens is 1. The number of aromatic nitrogens is 3. The van der Waals surface area contributed by atoms with E-state index in [1.165, 1.54) is 0 Å². The van der Waals surface area contributed by atoms with E-state index in [1.54, 1.807) is 35.3 Å². The van der Waals surface area contributed by atoms with Crippen molar-refractivity contribution in [2.75, 3.05) is 0 Å². The normalized spacial score (nSPS) is 18.2. The molecule has 1 fully saturated rings. The van der Waals surface area contributed by atoms with Gasteiger partial charge in [-0.15, -0.1) is 0 Å². The monoisotopic (exact) mass is 458 g/mol. The number of aliphatic hydroxyl groups excluding tert-OH is 1. The van der Waals surface area contributed by atoms with Crippen molar-refractivity contribution < 1.29 is 14.3 Å². The summed E-state index contributed by atoms with van der Waals surface area (Å²) >= 11 is 0. The van der Waals surface area contributed by atoms with Gasteiger partial charge in [0, 0.05) is 30.4 Å². The van der Waals surface area contributed by atoms with E-state index < -0.39 is 17.8 Å². The van der Waals surface area contributed by atoms with Crippen molar-refractivity contribution in [3.63, 3.8) is 0 Å². The van der Waals surface area contributed by atoms with E-state index in [2.05, 4.69) is 15.4 Å². The summed E-state index contributed by atoms with van der Waals surface area (Å²) in [5.41, 5.74) is 3.57. The molecule has 0 aliphatic heterocycles. The summed E-state index contributed by atoms with van der Waals surface area (Å²) < 4.78 is 17.1. The van der Waals surface area contributed by atoms with Gasteiger partial charge in [0.25, 0.3) is 5.91 Å². The van der Waals surface area contributed by atoms with Crippen LogP contribution in [0.2, 0.25) is 0 Å². The molecule has 1 saturated carbocycles. The lowest BCUT2D eigenvalue weighted by Crippen LogP contribution is -2.45. The molecule has 34 heavy (non-hydrogen) atoms. The van der Waals surface area contributed by atoms with Gasteiger partial charge in [0.05, 0.1) is 29.6 Å². The molecule has 5 rings (SSSR count). The van der Waals surface area contributed by atoms with E-state index in [4.69, 9.17) is 0 Å². The Bertz CT molecular complexity index is 1330. The van der Waals surface area contributed by atoms with Crippen molar-refractivity contribution in [3.8, 4) is 11.3 Å². The van der Waals surface area contributed by atoms with Crippen LogP contribution in [0.5, 0.6) is 0 Å². The van der Waals surface area contributed by atoms with Crippen molar-refractivity contribution in [3.05, 3.63) is 83.6 Å². The second-order valence-corrected chi connectivity index (χ2v) is 9.01. The number of benzene rings is 2. The zero-order valence-electron chi connectivity index (χ0n) is 19.0. The number of aliphatic hydroxyl groups is 1. The van der Waals surface area contributed by atoms with Crippen molar-refractivity contribution >= 4 is 16.7 Å². The van der Waals surface area contributed by atoms with E-state index in [0.717, 1.165) is 40.6 Å². The Hall–Kier alpha value is -3.58. The minimum absolute atomic E-state index is 0.00594. The van der Waals surface area contributed by atoms with Gasteiger partial charge in [0.2, 0.25) is 0 Å². The maximum atomic E-state index is 15.4. The fraction of sp³-hybridized carbons (Fsp3) is 0.296. The molecule has 2 aromatic carbocycles. The van der Waals surface area contributed by atoms with Crippen LogP contribution in [-0.2, 0) is 13.5 Å². The average Bonchev–Trinajstić information content (AvgIpc) is 3.29. The number of pyridine rings is 1. The Kier molecular flexibility index (Phi) is 6.11. The highest BCUT2D eigenvalue weighted by Crippen LogP contribution is 2.28. The molecule has 7 heteroatoms. The van der Waals surface area contributed by atoms with Gasteiger partial charge >= 0.3 is 0 Å². The fourth-order valence-corrected chi connectivity index (χ4v) is 4.73. The minimum atomic E-state index is -0.593. The van der Waals surface area contributed by atoms with Crippen LogP contribution in [0.4, 0.5) is 4.39 Å². The van der Waals surface area contributed by atoms with Crippen molar-refractivity contribution in [1.82, 2.24) is 20.1 Å². The third-order valence-electron chi connectivity index (χ3n) is 6.58. The number of nitrogens with zero attached hydrogens (tertiary/aromatic N) is 3. The number of aryl methyl sites for hydroxylation is 1. The van der Waals surface area contributed by atoms with Crippen molar-refractivity contribution in [2.24, 2.45) is 7.05 Å². The predicted molar refractivity (Wildman–Crippen MR) is 129 cm³/mol. The molecular formula is C27H27FN4O2. The lowest BCUT2D eigenvalue weighted by molar-refractivity contribution is 0.0714. The molecule has 174 valence electrons. The number of carbonyl (C=O) groups is 1. The molecule has 2 aromatic heterocycles. The number of carbonyl (C=O) groups excluding carboxylic acids is 1. The largest absolute Gasteiger partial charge is 0.391 e.